The van der Waals surface area contributed by atoms with Gasteiger partial charge in [-0.05, 0) is 19.4 Å². The first kappa shape index (κ1) is 15.4. The second-order valence-corrected chi connectivity index (χ2v) is 3.90. The van der Waals surface area contributed by atoms with Crippen LogP contribution in [0, 0.1) is 5.82 Å². The van der Waals surface area contributed by atoms with Crippen molar-refractivity contribution in [2.24, 2.45) is 0 Å². The van der Waals surface area contributed by atoms with Crippen LogP contribution >= 0.6 is 0 Å². The Bertz CT molecular complexity index is 413. The molecule has 0 fully saturated rings. The Morgan fingerprint density at radius 3 is 2.89 bits per heavy atom. The Kier molecular flexibility index (Phi) is 6.81. The molecular weight excluding hydrogens is 249 g/mol. The normalized spacial score (nSPS) is 10.3. The van der Waals surface area contributed by atoms with E-state index in [0.29, 0.717) is 26.3 Å². The van der Waals surface area contributed by atoms with Gasteiger partial charge >= 0.3 is 0 Å². The minimum Gasteiger partial charge on any atom is -0.380 e. The Hall–Kier alpha value is -1.69. The highest BCUT2D eigenvalue weighted by atomic mass is 19.1. The third kappa shape index (κ3) is 4.82. The number of pyridine rings is 1. The van der Waals surface area contributed by atoms with Gasteiger partial charge in [-0.3, -0.25) is 4.79 Å². The fourth-order valence-corrected chi connectivity index (χ4v) is 1.46. The first-order valence-corrected chi connectivity index (χ1v) is 6.45. The van der Waals surface area contributed by atoms with Gasteiger partial charge in [-0.1, -0.05) is 6.92 Å². The first-order valence-electron chi connectivity index (χ1n) is 6.45. The molecule has 19 heavy (non-hydrogen) atoms. The summed E-state index contributed by atoms with van der Waals surface area (Å²) in [5, 5.41) is 5.44. The van der Waals surface area contributed by atoms with Crippen molar-refractivity contribution in [3.05, 3.63) is 23.6 Å². The highest BCUT2D eigenvalue weighted by molar-refractivity contribution is 5.95. The average Bonchev–Trinajstić information content (AvgIpc) is 2.42. The number of nitrogens with zero attached hydrogens (tertiary/aromatic N) is 1. The molecule has 106 valence electrons. The number of rotatable bonds is 8. The Balaban J connectivity index is 2.63. The van der Waals surface area contributed by atoms with Gasteiger partial charge in [0.25, 0.3) is 5.91 Å². The molecule has 1 amide bonds. The van der Waals surface area contributed by atoms with E-state index >= 15 is 0 Å². The molecule has 0 aliphatic heterocycles. The van der Waals surface area contributed by atoms with E-state index in [0.717, 1.165) is 6.42 Å². The van der Waals surface area contributed by atoms with E-state index in [-0.39, 0.29) is 11.4 Å². The maximum absolute atomic E-state index is 14.0. The summed E-state index contributed by atoms with van der Waals surface area (Å²) < 4.78 is 19.1. The number of ether oxygens (including phenoxy) is 1. The summed E-state index contributed by atoms with van der Waals surface area (Å²) in [6.07, 6.45) is 2.27. The van der Waals surface area contributed by atoms with Crippen molar-refractivity contribution in [3.8, 4) is 0 Å². The summed E-state index contributed by atoms with van der Waals surface area (Å²) in [7, 11) is 0. The van der Waals surface area contributed by atoms with Crippen LogP contribution in [0.15, 0.2) is 12.3 Å². The van der Waals surface area contributed by atoms with Crippen molar-refractivity contribution < 1.29 is 13.9 Å². The molecule has 1 heterocycles. The lowest BCUT2D eigenvalue weighted by molar-refractivity contribution is 0.0918. The van der Waals surface area contributed by atoms with Crippen molar-refractivity contribution in [3.63, 3.8) is 0 Å². The van der Waals surface area contributed by atoms with Crippen LogP contribution in [0.5, 0.6) is 0 Å². The molecular formula is C13H20FN3O2. The number of carbonyl (C=O) groups excluding carboxylic acids is 1. The van der Waals surface area contributed by atoms with Crippen LogP contribution in [0.2, 0.25) is 0 Å². The molecule has 5 nitrogen and oxygen atoms in total. The smallest absolute Gasteiger partial charge is 0.254 e. The average molecular weight is 269 g/mol. The van der Waals surface area contributed by atoms with Crippen LogP contribution in [0.4, 0.5) is 10.2 Å². The molecule has 0 aromatic carbocycles. The summed E-state index contributed by atoms with van der Waals surface area (Å²) >= 11 is 0. The zero-order chi connectivity index (χ0) is 14.1. The van der Waals surface area contributed by atoms with Gasteiger partial charge in [-0.15, -0.1) is 0 Å². The molecule has 0 saturated carbocycles. The lowest BCUT2D eigenvalue weighted by Crippen LogP contribution is -2.28. The van der Waals surface area contributed by atoms with Crippen molar-refractivity contribution in [1.29, 1.82) is 0 Å². The third-order valence-electron chi connectivity index (χ3n) is 2.41. The maximum Gasteiger partial charge on any atom is 0.254 e. The number of carbonyl (C=O) groups is 1. The Morgan fingerprint density at radius 2 is 2.21 bits per heavy atom. The number of amides is 1. The highest BCUT2D eigenvalue weighted by Crippen LogP contribution is 2.14. The molecule has 0 unspecified atom stereocenters. The van der Waals surface area contributed by atoms with Crippen LogP contribution in [0.3, 0.4) is 0 Å². The first-order chi connectivity index (χ1) is 9.20. The Morgan fingerprint density at radius 1 is 1.42 bits per heavy atom. The van der Waals surface area contributed by atoms with Crippen molar-refractivity contribution >= 4 is 11.7 Å². The number of anilines is 1. The second kappa shape index (κ2) is 8.42. The highest BCUT2D eigenvalue weighted by Gasteiger charge is 2.15. The van der Waals surface area contributed by atoms with E-state index < -0.39 is 11.7 Å². The molecule has 0 saturated heterocycles. The molecule has 2 N–H and O–H groups in total. The van der Waals surface area contributed by atoms with Gasteiger partial charge in [0.2, 0.25) is 0 Å². The van der Waals surface area contributed by atoms with E-state index in [4.69, 9.17) is 4.74 Å². The molecule has 0 aliphatic carbocycles. The minimum atomic E-state index is -0.621. The van der Waals surface area contributed by atoms with Crippen LogP contribution in [0.1, 0.15) is 30.6 Å². The van der Waals surface area contributed by atoms with Gasteiger partial charge in [0.15, 0.2) is 11.6 Å². The van der Waals surface area contributed by atoms with E-state index in [1.807, 2.05) is 13.8 Å². The van der Waals surface area contributed by atoms with Gasteiger partial charge in [-0.25, -0.2) is 9.37 Å². The number of hydrogen-bond donors (Lipinski definition) is 2. The van der Waals surface area contributed by atoms with Gasteiger partial charge in [-0.2, -0.15) is 0 Å². The van der Waals surface area contributed by atoms with E-state index in [9.17, 15) is 9.18 Å². The van der Waals surface area contributed by atoms with Gasteiger partial charge in [0.1, 0.15) is 0 Å². The minimum absolute atomic E-state index is 0.00917. The quantitative estimate of drug-likeness (QED) is 0.706. The molecule has 1 aromatic heterocycles. The predicted octanol–water partition coefficient (Wildman–Crippen LogP) is 1.81. The Labute approximate surface area is 112 Å². The van der Waals surface area contributed by atoms with Crippen molar-refractivity contribution in [1.82, 2.24) is 10.3 Å². The third-order valence-corrected chi connectivity index (χ3v) is 2.41. The molecule has 6 heteroatoms. The zero-order valence-electron chi connectivity index (χ0n) is 11.3. The summed E-state index contributed by atoms with van der Waals surface area (Å²) in [6, 6.07) is 1.36. The zero-order valence-corrected chi connectivity index (χ0v) is 11.3. The molecule has 0 aliphatic rings. The number of halogens is 1. The SMILES string of the molecule is CCCNc1nccc(C(=O)NCCOCC)c1F. The largest absolute Gasteiger partial charge is 0.380 e. The van der Waals surface area contributed by atoms with Crippen molar-refractivity contribution in [2.45, 2.75) is 20.3 Å². The molecule has 0 bridgehead atoms. The van der Waals surface area contributed by atoms with Crippen LogP contribution in [-0.4, -0.2) is 37.2 Å². The second-order valence-electron chi connectivity index (χ2n) is 3.90. The number of nitrogens with one attached hydrogen (secondary N) is 2. The summed E-state index contributed by atoms with van der Waals surface area (Å²) in [4.78, 5) is 15.7. The van der Waals surface area contributed by atoms with Crippen molar-refractivity contribution in [2.75, 3.05) is 31.6 Å². The molecule has 0 spiro atoms. The number of hydrogen-bond acceptors (Lipinski definition) is 4. The summed E-state index contributed by atoms with van der Waals surface area (Å²) in [6.45, 7) is 5.80. The molecule has 0 atom stereocenters. The van der Waals surface area contributed by atoms with Crippen LogP contribution in [-0.2, 0) is 4.74 Å². The van der Waals surface area contributed by atoms with Gasteiger partial charge in [0, 0.05) is 25.9 Å². The van der Waals surface area contributed by atoms with E-state index in [1.54, 1.807) is 0 Å². The molecule has 1 rings (SSSR count). The standard InChI is InChI=1S/C13H20FN3O2/c1-3-6-15-12-11(14)10(5-7-16-12)13(18)17-8-9-19-4-2/h5,7H,3-4,6,8-9H2,1-2H3,(H,15,16)(H,17,18). The van der Waals surface area contributed by atoms with E-state index in [2.05, 4.69) is 15.6 Å². The fourth-order valence-electron chi connectivity index (χ4n) is 1.46. The fraction of sp³-hybridized carbons (Fsp3) is 0.538. The predicted molar refractivity (Wildman–Crippen MR) is 71.8 cm³/mol. The van der Waals surface area contributed by atoms with Crippen LogP contribution < -0.4 is 10.6 Å². The monoisotopic (exact) mass is 269 g/mol. The van der Waals surface area contributed by atoms with Gasteiger partial charge in [0.05, 0.1) is 12.2 Å². The number of aromatic nitrogens is 1. The summed E-state index contributed by atoms with van der Waals surface area (Å²) in [5.41, 5.74) is -0.00917. The lowest BCUT2D eigenvalue weighted by atomic mass is 10.2. The molecule has 0 radical (unpaired) electrons. The van der Waals surface area contributed by atoms with Gasteiger partial charge < -0.3 is 15.4 Å². The molecule has 1 aromatic rings. The van der Waals surface area contributed by atoms with Crippen LogP contribution in [0.25, 0.3) is 0 Å². The topological polar surface area (TPSA) is 63.2 Å². The van der Waals surface area contributed by atoms with E-state index in [1.165, 1.54) is 12.3 Å². The lowest BCUT2D eigenvalue weighted by Gasteiger charge is -2.09. The summed E-state index contributed by atoms with van der Waals surface area (Å²) in [5.74, 6) is -0.969. The maximum atomic E-state index is 14.0.